The molecule has 0 saturated carbocycles. The van der Waals surface area contributed by atoms with Gasteiger partial charge in [-0.25, -0.2) is 4.79 Å². The number of methoxy groups -OCH3 is 1. The molecule has 3 rings (SSSR count). The Morgan fingerprint density at radius 2 is 1.78 bits per heavy atom. The molecule has 0 aliphatic heterocycles. The minimum Gasteiger partial charge on any atom is -0.497 e. The number of carbonyl (C=O) groups is 2. The largest absolute Gasteiger partial charge is 0.497 e. The average Bonchev–Trinajstić information content (AvgIpc) is 2.68. The Morgan fingerprint density at radius 1 is 1.04 bits per heavy atom. The van der Waals surface area contributed by atoms with Gasteiger partial charge in [0.1, 0.15) is 5.75 Å². The number of carbonyl (C=O) groups excluding carboxylic acids is 2. The molecule has 6 heteroatoms. The van der Waals surface area contributed by atoms with Crippen LogP contribution in [-0.4, -0.2) is 25.1 Å². The van der Waals surface area contributed by atoms with E-state index in [1.807, 2.05) is 42.5 Å². The number of anilines is 1. The molecule has 27 heavy (non-hydrogen) atoms. The zero-order valence-electron chi connectivity index (χ0n) is 14.9. The molecule has 138 valence electrons. The lowest BCUT2D eigenvalue weighted by atomic mass is 10.1. The van der Waals surface area contributed by atoms with Crippen LogP contribution in [0.4, 0.5) is 5.69 Å². The number of ether oxygens (including phenoxy) is 2. The summed E-state index contributed by atoms with van der Waals surface area (Å²) in [6.45, 7) is 1.53. The van der Waals surface area contributed by atoms with Gasteiger partial charge in [0, 0.05) is 15.5 Å². The monoisotopic (exact) mass is 427 g/mol. The molecule has 5 nitrogen and oxygen atoms in total. The Hall–Kier alpha value is -2.86. The van der Waals surface area contributed by atoms with Crippen molar-refractivity contribution in [2.24, 2.45) is 0 Å². The van der Waals surface area contributed by atoms with Gasteiger partial charge >= 0.3 is 5.97 Å². The van der Waals surface area contributed by atoms with Gasteiger partial charge in [-0.2, -0.15) is 0 Å². The molecule has 0 spiro atoms. The lowest BCUT2D eigenvalue weighted by molar-refractivity contribution is -0.123. The fraction of sp³-hybridized carbons (Fsp3) is 0.143. The van der Waals surface area contributed by atoms with Gasteiger partial charge in [-0.15, -0.1) is 0 Å². The Labute approximate surface area is 165 Å². The van der Waals surface area contributed by atoms with Gasteiger partial charge < -0.3 is 14.8 Å². The third kappa shape index (κ3) is 4.28. The van der Waals surface area contributed by atoms with Gasteiger partial charge in [-0.1, -0.05) is 36.4 Å². The predicted octanol–water partition coefficient (Wildman–Crippen LogP) is 4.79. The first-order valence-corrected chi connectivity index (χ1v) is 9.12. The van der Waals surface area contributed by atoms with E-state index in [1.165, 1.54) is 14.0 Å². The molecule has 3 aromatic rings. The molecule has 0 heterocycles. The van der Waals surface area contributed by atoms with E-state index in [0.29, 0.717) is 21.5 Å². The molecule has 1 atom stereocenters. The maximum atomic E-state index is 12.5. The van der Waals surface area contributed by atoms with Crippen molar-refractivity contribution in [3.05, 3.63) is 70.7 Å². The summed E-state index contributed by atoms with van der Waals surface area (Å²) in [5.74, 6) is -0.488. The van der Waals surface area contributed by atoms with Crippen LogP contribution in [0.3, 0.4) is 0 Å². The van der Waals surface area contributed by atoms with Crippen LogP contribution in [0.5, 0.6) is 5.75 Å². The van der Waals surface area contributed by atoms with E-state index in [2.05, 4.69) is 21.2 Å². The summed E-state index contributed by atoms with van der Waals surface area (Å²) in [5, 5.41) is 4.76. The maximum absolute atomic E-state index is 12.5. The first kappa shape index (κ1) is 18.9. The summed E-state index contributed by atoms with van der Waals surface area (Å²) in [4.78, 5) is 24.9. The smallest absolute Gasteiger partial charge is 0.340 e. The van der Waals surface area contributed by atoms with E-state index in [4.69, 9.17) is 9.47 Å². The molecule has 0 aromatic heterocycles. The fourth-order valence-corrected chi connectivity index (χ4v) is 3.04. The van der Waals surface area contributed by atoms with E-state index >= 15 is 0 Å². The molecule has 0 fully saturated rings. The van der Waals surface area contributed by atoms with Crippen molar-refractivity contribution in [3.8, 4) is 5.75 Å². The summed E-state index contributed by atoms with van der Waals surface area (Å²) >= 11 is 3.31. The molecular weight excluding hydrogens is 410 g/mol. The van der Waals surface area contributed by atoms with E-state index in [1.54, 1.807) is 18.2 Å². The van der Waals surface area contributed by atoms with Crippen LogP contribution in [0.25, 0.3) is 10.8 Å². The van der Waals surface area contributed by atoms with Crippen molar-refractivity contribution in [2.45, 2.75) is 13.0 Å². The maximum Gasteiger partial charge on any atom is 0.340 e. The Bertz CT molecular complexity index is 997. The number of hydrogen-bond donors (Lipinski definition) is 1. The molecule has 0 bridgehead atoms. The van der Waals surface area contributed by atoms with Crippen LogP contribution in [0.15, 0.2) is 65.1 Å². The van der Waals surface area contributed by atoms with Crippen molar-refractivity contribution < 1.29 is 19.1 Å². The van der Waals surface area contributed by atoms with Gasteiger partial charge in [0.25, 0.3) is 5.91 Å². The van der Waals surface area contributed by atoms with Gasteiger partial charge in [0.2, 0.25) is 0 Å². The summed E-state index contributed by atoms with van der Waals surface area (Å²) in [6, 6.07) is 18.3. The lowest BCUT2D eigenvalue weighted by Crippen LogP contribution is -2.30. The van der Waals surface area contributed by atoms with Crippen LogP contribution >= 0.6 is 15.9 Å². The number of fused-ring (bicyclic) bond motifs is 1. The quantitative estimate of drug-likeness (QED) is 0.594. The summed E-state index contributed by atoms with van der Waals surface area (Å²) in [6.07, 6.45) is -0.963. The molecule has 0 aliphatic carbocycles. The zero-order chi connectivity index (χ0) is 19.4. The van der Waals surface area contributed by atoms with Crippen molar-refractivity contribution in [1.82, 2.24) is 0 Å². The molecule has 0 radical (unpaired) electrons. The third-order valence-electron chi connectivity index (χ3n) is 4.09. The molecule has 0 saturated heterocycles. The number of esters is 1. The van der Waals surface area contributed by atoms with Crippen LogP contribution in [-0.2, 0) is 9.53 Å². The second kappa shape index (κ2) is 8.22. The SMILES string of the molecule is COc1ccc(Br)c(C(=O)OC(C)C(=O)Nc2cccc3ccccc23)c1. The van der Waals surface area contributed by atoms with Gasteiger partial charge in [0.15, 0.2) is 6.10 Å². The first-order valence-electron chi connectivity index (χ1n) is 8.32. The summed E-state index contributed by atoms with van der Waals surface area (Å²) in [7, 11) is 1.51. The van der Waals surface area contributed by atoms with E-state index in [0.717, 1.165) is 10.8 Å². The third-order valence-corrected chi connectivity index (χ3v) is 4.79. The first-order chi connectivity index (χ1) is 13.0. The number of benzene rings is 3. The Balaban J connectivity index is 1.73. The van der Waals surface area contributed by atoms with Gasteiger partial charge in [-0.05, 0) is 52.5 Å². The molecule has 3 aromatic carbocycles. The van der Waals surface area contributed by atoms with Crippen LogP contribution < -0.4 is 10.1 Å². The van der Waals surface area contributed by atoms with Crippen molar-refractivity contribution >= 4 is 44.3 Å². The standard InChI is InChI=1S/C21H18BrNO4/c1-13(27-21(25)17-12-15(26-2)10-11-18(17)22)20(24)23-19-9-5-7-14-6-3-4-8-16(14)19/h3-13H,1-2H3,(H,23,24). The highest BCUT2D eigenvalue weighted by atomic mass is 79.9. The number of hydrogen-bond acceptors (Lipinski definition) is 4. The highest BCUT2D eigenvalue weighted by Crippen LogP contribution is 2.25. The van der Waals surface area contributed by atoms with Crippen LogP contribution in [0.2, 0.25) is 0 Å². The van der Waals surface area contributed by atoms with E-state index in [9.17, 15) is 9.59 Å². The van der Waals surface area contributed by atoms with E-state index in [-0.39, 0.29) is 0 Å². The van der Waals surface area contributed by atoms with Crippen molar-refractivity contribution in [1.29, 1.82) is 0 Å². The van der Waals surface area contributed by atoms with Crippen molar-refractivity contribution in [2.75, 3.05) is 12.4 Å². The molecule has 1 amide bonds. The normalized spacial score (nSPS) is 11.7. The molecule has 1 unspecified atom stereocenters. The second-order valence-electron chi connectivity index (χ2n) is 5.91. The average molecular weight is 428 g/mol. The fourth-order valence-electron chi connectivity index (χ4n) is 2.63. The molecule has 0 aliphatic rings. The van der Waals surface area contributed by atoms with E-state index < -0.39 is 18.0 Å². The number of rotatable bonds is 5. The zero-order valence-corrected chi connectivity index (χ0v) is 16.4. The van der Waals surface area contributed by atoms with Crippen LogP contribution in [0, 0.1) is 0 Å². The van der Waals surface area contributed by atoms with Gasteiger partial charge in [-0.3, -0.25) is 4.79 Å². The summed E-state index contributed by atoms with van der Waals surface area (Å²) in [5.41, 5.74) is 0.961. The van der Waals surface area contributed by atoms with Crippen molar-refractivity contribution in [3.63, 3.8) is 0 Å². The second-order valence-corrected chi connectivity index (χ2v) is 6.76. The summed E-state index contributed by atoms with van der Waals surface area (Å²) < 4.78 is 11.0. The predicted molar refractivity (Wildman–Crippen MR) is 108 cm³/mol. The highest BCUT2D eigenvalue weighted by molar-refractivity contribution is 9.10. The lowest BCUT2D eigenvalue weighted by Gasteiger charge is -2.15. The number of halogens is 1. The Kier molecular flexibility index (Phi) is 5.76. The number of amides is 1. The Morgan fingerprint density at radius 3 is 2.56 bits per heavy atom. The number of nitrogens with one attached hydrogen (secondary N) is 1. The minimum atomic E-state index is -0.963. The van der Waals surface area contributed by atoms with Crippen LogP contribution in [0.1, 0.15) is 17.3 Å². The topological polar surface area (TPSA) is 64.6 Å². The molecular formula is C21H18BrNO4. The van der Waals surface area contributed by atoms with Gasteiger partial charge in [0.05, 0.1) is 12.7 Å². The highest BCUT2D eigenvalue weighted by Gasteiger charge is 2.21. The molecule has 1 N–H and O–H groups in total. The minimum absolute atomic E-state index is 0.291.